The molecule has 0 heterocycles. The van der Waals surface area contributed by atoms with E-state index in [1.165, 1.54) is 11.1 Å². The van der Waals surface area contributed by atoms with Gasteiger partial charge in [0.1, 0.15) is 0 Å². The quantitative estimate of drug-likeness (QED) is 0.690. The van der Waals surface area contributed by atoms with Crippen LogP contribution in [0.5, 0.6) is 0 Å². The standard InChI is InChI=1S/C19H24O2/c1-18-9-7-13(20)11-12(18)3-4-14-15-5-6-17(21)19(15,2)10-8-16(14)18/h7-9,11,14-15,17,21H,3-6,10H2,1-2H3/t14-,15-,17?,18-,19-/m0/s1. The van der Waals surface area contributed by atoms with Crippen molar-refractivity contribution in [2.24, 2.45) is 22.7 Å². The largest absolute Gasteiger partial charge is 0.393 e. The Morgan fingerprint density at radius 2 is 2.05 bits per heavy atom. The van der Waals surface area contributed by atoms with Crippen LogP contribution < -0.4 is 0 Å². The number of rotatable bonds is 0. The van der Waals surface area contributed by atoms with E-state index in [-0.39, 0.29) is 22.7 Å². The molecule has 112 valence electrons. The van der Waals surface area contributed by atoms with Crippen LogP contribution >= 0.6 is 0 Å². The van der Waals surface area contributed by atoms with Gasteiger partial charge in [0.25, 0.3) is 0 Å². The first kappa shape index (κ1) is 13.5. The van der Waals surface area contributed by atoms with Gasteiger partial charge in [0, 0.05) is 10.8 Å². The number of hydrogen-bond acceptors (Lipinski definition) is 2. The van der Waals surface area contributed by atoms with Crippen LogP contribution in [0.1, 0.15) is 46.0 Å². The van der Waals surface area contributed by atoms with Crippen LogP contribution in [0, 0.1) is 22.7 Å². The van der Waals surface area contributed by atoms with Crippen LogP contribution in [0.3, 0.4) is 0 Å². The first-order valence-corrected chi connectivity index (χ1v) is 8.28. The van der Waals surface area contributed by atoms with E-state index in [1.54, 1.807) is 6.08 Å². The van der Waals surface area contributed by atoms with Crippen molar-refractivity contribution in [2.45, 2.75) is 52.1 Å². The lowest BCUT2D eigenvalue weighted by Crippen LogP contribution is -2.44. The van der Waals surface area contributed by atoms with Gasteiger partial charge in [0.2, 0.25) is 0 Å². The van der Waals surface area contributed by atoms with Crippen molar-refractivity contribution in [2.75, 3.05) is 0 Å². The Bertz CT molecular complexity index is 597. The predicted molar refractivity (Wildman–Crippen MR) is 82.6 cm³/mol. The molecule has 0 saturated heterocycles. The first-order valence-electron chi connectivity index (χ1n) is 8.28. The molecule has 0 aromatic heterocycles. The van der Waals surface area contributed by atoms with Crippen molar-refractivity contribution in [3.05, 3.63) is 35.5 Å². The van der Waals surface area contributed by atoms with Gasteiger partial charge in [-0.05, 0) is 63.0 Å². The minimum Gasteiger partial charge on any atom is -0.393 e. The Morgan fingerprint density at radius 1 is 1.24 bits per heavy atom. The van der Waals surface area contributed by atoms with E-state index in [9.17, 15) is 9.90 Å². The normalized spacial score (nSPS) is 48.1. The number of fused-ring (bicyclic) bond motifs is 5. The van der Waals surface area contributed by atoms with E-state index in [0.717, 1.165) is 32.1 Å². The highest BCUT2D eigenvalue weighted by Crippen LogP contribution is 2.62. The van der Waals surface area contributed by atoms with Gasteiger partial charge < -0.3 is 5.11 Å². The molecule has 4 aliphatic carbocycles. The molecule has 0 aromatic carbocycles. The predicted octanol–water partition coefficient (Wildman–Crippen LogP) is 3.58. The van der Waals surface area contributed by atoms with Crippen molar-refractivity contribution in [3.63, 3.8) is 0 Å². The number of aliphatic hydroxyl groups excluding tert-OH is 1. The maximum absolute atomic E-state index is 11.7. The highest BCUT2D eigenvalue weighted by atomic mass is 16.3. The van der Waals surface area contributed by atoms with Crippen LogP contribution in [-0.4, -0.2) is 17.0 Å². The molecule has 4 aliphatic rings. The second-order valence-corrected chi connectivity index (χ2v) is 7.82. The Hall–Kier alpha value is -1.15. The smallest absolute Gasteiger partial charge is 0.178 e. The molecule has 2 fully saturated rings. The fourth-order valence-corrected chi connectivity index (χ4v) is 5.49. The third-order valence-corrected chi connectivity index (χ3v) is 6.90. The molecule has 5 atom stereocenters. The van der Waals surface area contributed by atoms with E-state index in [1.807, 2.05) is 6.08 Å². The first-order chi connectivity index (χ1) is 9.95. The summed E-state index contributed by atoms with van der Waals surface area (Å²) in [5.74, 6) is 1.33. The highest BCUT2D eigenvalue weighted by Gasteiger charge is 2.55. The van der Waals surface area contributed by atoms with Crippen molar-refractivity contribution in [3.8, 4) is 0 Å². The molecule has 0 aromatic rings. The third-order valence-electron chi connectivity index (χ3n) is 6.90. The van der Waals surface area contributed by atoms with Crippen LogP contribution in [0.25, 0.3) is 0 Å². The number of hydrogen-bond donors (Lipinski definition) is 1. The van der Waals surface area contributed by atoms with E-state index in [4.69, 9.17) is 0 Å². The van der Waals surface area contributed by atoms with Gasteiger partial charge in [0.15, 0.2) is 5.78 Å². The lowest BCUT2D eigenvalue weighted by molar-refractivity contribution is -0.110. The van der Waals surface area contributed by atoms with Gasteiger partial charge in [-0.15, -0.1) is 0 Å². The van der Waals surface area contributed by atoms with Crippen molar-refractivity contribution < 1.29 is 9.90 Å². The number of carbonyl (C=O) groups excluding carboxylic acids is 1. The lowest BCUT2D eigenvalue weighted by atomic mass is 9.53. The summed E-state index contributed by atoms with van der Waals surface area (Å²) in [7, 11) is 0. The molecule has 2 saturated carbocycles. The number of ketones is 1. The number of carbonyl (C=O) groups is 1. The van der Waals surface area contributed by atoms with Gasteiger partial charge in [-0.25, -0.2) is 0 Å². The van der Waals surface area contributed by atoms with E-state index < -0.39 is 0 Å². The summed E-state index contributed by atoms with van der Waals surface area (Å²) in [6.07, 6.45) is 13.2. The molecular formula is C19H24O2. The summed E-state index contributed by atoms with van der Waals surface area (Å²) in [5.41, 5.74) is 2.83. The molecule has 4 rings (SSSR count). The maximum atomic E-state index is 11.7. The summed E-state index contributed by atoms with van der Waals surface area (Å²) < 4.78 is 0. The highest BCUT2D eigenvalue weighted by molar-refractivity contribution is 6.01. The molecule has 2 nitrogen and oxygen atoms in total. The fraction of sp³-hybridized carbons (Fsp3) is 0.632. The zero-order chi connectivity index (χ0) is 14.8. The minimum absolute atomic E-state index is 0.0499. The molecular weight excluding hydrogens is 260 g/mol. The molecule has 0 bridgehead atoms. The average Bonchev–Trinajstić information content (AvgIpc) is 2.76. The molecule has 0 aliphatic heterocycles. The summed E-state index contributed by atoms with van der Waals surface area (Å²) >= 11 is 0. The average molecular weight is 284 g/mol. The van der Waals surface area contributed by atoms with Gasteiger partial charge in [-0.2, -0.15) is 0 Å². The molecule has 21 heavy (non-hydrogen) atoms. The van der Waals surface area contributed by atoms with Crippen LogP contribution in [0.4, 0.5) is 0 Å². The van der Waals surface area contributed by atoms with Crippen LogP contribution in [0.15, 0.2) is 35.5 Å². The Labute approximate surface area is 126 Å². The third kappa shape index (κ3) is 1.66. The molecule has 0 amide bonds. The van der Waals surface area contributed by atoms with Crippen LogP contribution in [0.2, 0.25) is 0 Å². The van der Waals surface area contributed by atoms with Gasteiger partial charge in [-0.1, -0.05) is 30.2 Å². The molecule has 1 unspecified atom stereocenters. The van der Waals surface area contributed by atoms with E-state index >= 15 is 0 Å². The van der Waals surface area contributed by atoms with Gasteiger partial charge in [0.05, 0.1) is 6.10 Å². The zero-order valence-electron chi connectivity index (χ0n) is 12.9. The van der Waals surface area contributed by atoms with Gasteiger partial charge >= 0.3 is 0 Å². The summed E-state index contributed by atoms with van der Waals surface area (Å²) in [5, 5.41) is 10.4. The van der Waals surface area contributed by atoms with Crippen LogP contribution in [-0.2, 0) is 4.79 Å². The summed E-state index contributed by atoms with van der Waals surface area (Å²) in [4.78, 5) is 11.7. The lowest BCUT2D eigenvalue weighted by Gasteiger charge is -2.51. The summed E-state index contributed by atoms with van der Waals surface area (Å²) in [6, 6.07) is 0. The van der Waals surface area contributed by atoms with E-state index in [2.05, 4.69) is 26.0 Å². The topological polar surface area (TPSA) is 37.3 Å². The molecule has 2 heteroatoms. The number of allylic oxidation sites excluding steroid dienone is 6. The second-order valence-electron chi connectivity index (χ2n) is 7.82. The van der Waals surface area contributed by atoms with Crippen molar-refractivity contribution >= 4 is 5.78 Å². The molecule has 0 radical (unpaired) electrons. The Balaban J connectivity index is 1.78. The number of aliphatic hydroxyl groups is 1. The SMILES string of the molecule is C[C@]12C=CC(=O)C=C1CC[C@@H]1C2=CC[C@]2(C)C(O)CC[C@@H]12. The van der Waals surface area contributed by atoms with Crippen molar-refractivity contribution in [1.82, 2.24) is 0 Å². The fourth-order valence-electron chi connectivity index (χ4n) is 5.49. The minimum atomic E-state index is -0.145. The second kappa shape index (κ2) is 4.19. The molecule has 1 N–H and O–H groups in total. The van der Waals surface area contributed by atoms with Crippen molar-refractivity contribution in [1.29, 1.82) is 0 Å². The Morgan fingerprint density at radius 3 is 2.86 bits per heavy atom. The maximum Gasteiger partial charge on any atom is 0.178 e. The van der Waals surface area contributed by atoms with E-state index in [0.29, 0.717) is 11.8 Å². The van der Waals surface area contributed by atoms with Gasteiger partial charge in [-0.3, -0.25) is 4.79 Å². The molecule has 0 spiro atoms. The monoisotopic (exact) mass is 284 g/mol. The zero-order valence-corrected chi connectivity index (χ0v) is 12.9. The summed E-state index contributed by atoms with van der Waals surface area (Å²) in [6.45, 7) is 4.55. The Kier molecular flexibility index (Phi) is 2.70.